The Balaban J connectivity index is 4.14. The van der Waals surface area contributed by atoms with E-state index in [1.165, 1.54) is 6.21 Å². The maximum absolute atomic E-state index is 6.74. The van der Waals surface area contributed by atoms with Gasteiger partial charge in [0.05, 0.1) is 7.11 Å². The van der Waals surface area contributed by atoms with Crippen LogP contribution < -0.4 is 0 Å². The van der Waals surface area contributed by atoms with E-state index in [0.717, 1.165) is 5.76 Å². The first-order chi connectivity index (χ1) is 5.35. The fraction of sp³-hybridized carbons (Fsp3) is 0.222. The summed E-state index contributed by atoms with van der Waals surface area (Å²) < 4.78 is 4.97. The molecule has 11 heavy (non-hydrogen) atoms. The van der Waals surface area contributed by atoms with Crippen LogP contribution >= 0.6 is 0 Å². The Bertz CT molecular complexity index is 190. The van der Waals surface area contributed by atoms with Gasteiger partial charge in [-0.3, -0.25) is 0 Å². The first-order valence-electron chi connectivity index (χ1n) is 3.39. The van der Waals surface area contributed by atoms with Gasteiger partial charge in [0.25, 0.3) is 0 Å². The van der Waals surface area contributed by atoms with Crippen LogP contribution in [0.25, 0.3) is 0 Å². The smallest absolute Gasteiger partial charge is 0.118 e. The zero-order chi connectivity index (χ0) is 8.53. The van der Waals surface area contributed by atoms with E-state index in [0.29, 0.717) is 0 Å². The number of nitrogens with one attached hydrogen (secondary N) is 1. The summed E-state index contributed by atoms with van der Waals surface area (Å²) in [5.41, 5.74) is 0. The minimum atomic E-state index is 0.742. The van der Waals surface area contributed by atoms with Crippen molar-refractivity contribution in [1.82, 2.24) is 0 Å². The molecular formula is C9H13NO. The minimum absolute atomic E-state index is 0.742. The van der Waals surface area contributed by atoms with Gasteiger partial charge in [0.15, 0.2) is 0 Å². The molecule has 0 saturated heterocycles. The summed E-state index contributed by atoms with van der Waals surface area (Å²) >= 11 is 0. The Labute approximate surface area is 67.4 Å². The molecule has 0 unspecified atom stereocenters. The van der Waals surface area contributed by atoms with Gasteiger partial charge >= 0.3 is 0 Å². The van der Waals surface area contributed by atoms with Gasteiger partial charge in [-0.05, 0) is 25.2 Å². The average Bonchev–Trinajstić information content (AvgIpc) is 2.05. The molecule has 2 heteroatoms. The highest BCUT2D eigenvalue weighted by atomic mass is 16.5. The molecule has 0 aromatic carbocycles. The topological polar surface area (TPSA) is 33.1 Å². The van der Waals surface area contributed by atoms with E-state index < -0.39 is 0 Å². The predicted molar refractivity (Wildman–Crippen MR) is 47.8 cm³/mol. The molecule has 1 N–H and O–H groups in total. The summed E-state index contributed by atoms with van der Waals surface area (Å²) in [6.45, 7) is 1.93. The largest absolute Gasteiger partial charge is 0.497 e. The Morgan fingerprint density at radius 1 is 1.36 bits per heavy atom. The van der Waals surface area contributed by atoms with E-state index in [-0.39, 0.29) is 0 Å². The fourth-order valence-corrected chi connectivity index (χ4v) is 0.526. The van der Waals surface area contributed by atoms with Crippen molar-refractivity contribution < 1.29 is 4.74 Å². The first kappa shape index (κ1) is 9.69. The van der Waals surface area contributed by atoms with Gasteiger partial charge < -0.3 is 10.1 Å². The van der Waals surface area contributed by atoms with E-state index in [9.17, 15) is 0 Å². The van der Waals surface area contributed by atoms with E-state index in [2.05, 4.69) is 0 Å². The van der Waals surface area contributed by atoms with Crippen LogP contribution in [0.1, 0.15) is 6.92 Å². The maximum atomic E-state index is 6.74. The van der Waals surface area contributed by atoms with Gasteiger partial charge in [-0.15, -0.1) is 0 Å². The van der Waals surface area contributed by atoms with Crippen molar-refractivity contribution in [3.8, 4) is 0 Å². The lowest BCUT2D eigenvalue weighted by Gasteiger charge is -1.95. The summed E-state index contributed by atoms with van der Waals surface area (Å²) in [6, 6.07) is 0. The van der Waals surface area contributed by atoms with Crippen LogP contribution in [0.15, 0.2) is 36.1 Å². The molecule has 0 fully saturated rings. The Morgan fingerprint density at radius 3 is 2.55 bits per heavy atom. The van der Waals surface area contributed by atoms with E-state index in [1.54, 1.807) is 19.3 Å². The highest BCUT2D eigenvalue weighted by molar-refractivity contribution is 5.68. The molecule has 0 aromatic rings. The van der Waals surface area contributed by atoms with Crippen molar-refractivity contribution in [2.45, 2.75) is 6.92 Å². The number of methoxy groups -OCH3 is 1. The second kappa shape index (κ2) is 6.81. The summed E-state index contributed by atoms with van der Waals surface area (Å²) in [7, 11) is 1.60. The Kier molecular flexibility index (Phi) is 5.99. The monoisotopic (exact) mass is 151 g/mol. The molecule has 0 aliphatic rings. The normalized spacial score (nSPS) is 12.7. The van der Waals surface area contributed by atoms with Crippen molar-refractivity contribution in [3.05, 3.63) is 36.1 Å². The SMILES string of the molecule is C/C=C/C=C(\C=C/C=N)OC. The standard InChI is InChI=1S/C9H13NO/c1-3-4-6-9(11-2)7-5-8-10/h3-8,10H,1-2H3/b4-3+,7-5-,9-6+,10-8?. The van der Waals surface area contributed by atoms with Crippen molar-refractivity contribution in [2.24, 2.45) is 0 Å². The zero-order valence-electron chi connectivity index (χ0n) is 6.87. The molecule has 0 radical (unpaired) electrons. The molecule has 0 amide bonds. The van der Waals surface area contributed by atoms with E-state index in [4.69, 9.17) is 10.1 Å². The van der Waals surface area contributed by atoms with Gasteiger partial charge in [-0.2, -0.15) is 0 Å². The predicted octanol–water partition coefficient (Wildman–Crippen LogP) is 2.30. The highest BCUT2D eigenvalue weighted by Crippen LogP contribution is 1.96. The Hall–Kier alpha value is -1.31. The van der Waals surface area contributed by atoms with Crippen LogP contribution in [0.5, 0.6) is 0 Å². The maximum Gasteiger partial charge on any atom is 0.118 e. The lowest BCUT2D eigenvalue weighted by atomic mass is 10.3. The number of rotatable bonds is 4. The third kappa shape index (κ3) is 5.15. The summed E-state index contributed by atoms with van der Waals surface area (Å²) in [4.78, 5) is 0. The van der Waals surface area contributed by atoms with Crippen LogP contribution in [-0.4, -0.2) is 13.3 Å². The molecular weight excluding hydrogens is 138 g/mol. The molecule has 0 heterocycles. The molecule has 0 bridgehead atoms. The third-order valence-electron chi connectivity index (χ3n) is 1.05. The van der Waals surface area contributed by atoms with Crippen molar-refractivity contribution >= 4 is 6.21 Å². The number of ether oxygens (including phenoxy) is 1. The molecule has 60 valence electrons. The van der Waals surface area contributed by atoms with Crippen molar-refractivity contribution in [1.29, 1.82) is 5.41 Å². The van der Waals surface area contributed by atoms with Gasteiger partial charge in [0, 0.05) is 6.21 Å². The third-order valence-corrected chi connectivity index (χ3v) is 1.05. The van der Waals surface area contributed by atoms with Crippen LogP contribution in [0.4, 0.5) is 0 Å². The molecule has 0 saturated carbocycles. The molecule has 0 aromatic heterocycles. The van der Waals surface area contributed by atoms with Crippen LogP contribution in [0.2, 0.25) is 0 Å². The lowest BCUT2D eigenvalue weighted by Crippen LogP contribution is -1.79. The quantitative estimate of drug-likeness (QED) is 0.373. The molecule has 0 aliphatic heterocycles. The molecule has 0 rings (SSSR count). The average molecular weight is 151 g/mol. The second-order valence-electron chi connectivity index (χ2n) is 1.82. The van der Waals surface area contributed by atoms with Crippen molar-refractivity contribution in [2.75, 3.05) is 7.11 Å². The summed E-state index contributed by atoms with van der Waals surface area (Å²) in [5.74, 6) is 0.742. The van der Waals surface area contributed by atoms with Crippen molar-refractivity contribution in [3.63, 3.8) is 0 Å². The van der Waals surface area contributed by atoms with Crippen LogP contribution in [-0.2, 0) is 4.74 Å². The zero-order valence-corrected chi connectivity index (χ0v) is 6.87. The van der Waals surface area contributed by atoms with Crippen LogP contribution in [0.3, 0.4) is 0 Å². The first-order valence-corrected chi connectivity index (χ1v) is 3.39. The minimum Gasteiger partial charge on any atom is -0.497 e. The van der Waals surface area contributed by atoms with Gasteiger partial charge in [0.2, 0.25) is 0 Å². The molecule has 2 nitrogen and oxygen atoms in total. The van der Waals surface area contributed by atoms with Gasteiger partial charge in [-0.1, -0.05) is 12.2 Å². The Morgan fingerprint density at radius 2 is 2.09 bits per heavy atom. The second-order valence-corrected chi connectivity index (χ2v) is 1.82. The number of hydrogen-bond donors (Lipinski definition) is 1. The van der Waals surface area contributed by atoms with Gasteiger partial charge in [0.1, 0.15) is 5.76 Å². The number of allylic oxidation sites excluding steroid dienone is 5. The summed E-state index contributed by atoms with van der Waals surface area (Å²) in [6.07, 6.45) is 10.2. The molecule has 0 spiro atoms. The number of hydrogen-bond acceptors (Lipinski definition) is 2. The highest BCUT2D eigenvalue weighted by Gasteiger charge is 1.82. The molecule has 0 aliphatic carbocycles. The lowest BCUT2D eigenvalue weighted by molar-refractivity contribution is 0.307. The van der Waals surface area contributed by atoms with Crippen LogP contribution in [0, 0.1) is 5.41 Å². The van der Waals surface area contributed by atoms with E-state index >= 15 is 0 Å². The van der Waals surface area contributed by atoms with Gasteiger partial charge in [-0.25, -0.2) is 0 Å². The summed E-state index contributed by atoms with van der Waals surface area (Å²) in [5, 5.41) is 6.74. The van der Waals surface area contributed by atoms with E-state index in [1.807, 2.05) is 25.2 Å². The molecule has 0 atom stereocenters. The fourth-order valence-electron chi connectivity index (χ4n) is 0.526.